The van der Waals surface area contributed by atoms with Gasteiger partial charge in [0.05, 0.1) is 11.0 Å². The van der Waals surface area contributed by atoms with E-state index in [0.717, 1.165) is 5.69 Å². The predicted molar refractivity (Wildman–Crippen MR) is 327 cm³/mol. The maximum absolute atomic E-state index is 2.43. The summed E-state index contributed by atoms with van der Waals surface area (Å²) in [7, 11) is 0. The highest BCUT2D eigenvalue weighted by Gasteiger charge is 2.16. The van der Waals surface area contributed by atoms with Crippen LogP contribution in [0.2, 0.25) is 0 Å². The van der Waals surface area contributed by atoms with Crippen molar-refractivity contribution in [2.45, 2.75) is 0 Å². The number of fused-ring (bicyclic) bond motifs is 4. The molecular weight excluding hydrogens is 927 g/mol. The predicted octanol–water partition coefficient (Wildman–Crippen LogP) is 20.9. The van der Waals surface area contributed by atoms with Gasteiger partial charge in [0.2, 0.25) is 0 Å². The fraction of sp³-hybridized carbons (Fsp3) is 0. The molecule has 1 nitrogen and oxygen atoms in total. The average molecular weight is 978 g/mol. The van der Waals surface area contributed by atoms with Crippen molar-refractivity contribution in [2.75, 3.05) is 0 Å². The fourth-order valence-electron chi connectivity index (χ4n) is 11.3. The Balaban J connectivity index is 0.772. The summed E-state index contributed by atoms with van der Waals surface area (Å²) < 4.78 is 2.43. The van der Waals surface area contributed by atoms with Crippen LogP contribution in [0.5, 0.6) is 0 Å². The van der Waals surface area contributed by atoms with Crippen molar-refractivity contribution in [3.05, 3.63) is 309 Å². The van der Waals surface area contributed by atoms with Crippen LogP contribution in [0.3, 0.4) is 0 Å². The summed E-state index contributed by atoms with van der Waals surface area (Å²) in [5.74, 6) is 0. The lowest BCUT2D eigenvalue weighted by Crippen LogP contribution is -1.94. The SMILES string of the molecule is c1ccc(-c2ccc(-c3ccc(-c4ccc(-c5ccc6c(c5)c5cc(-c7ccc(-c8ccc(-c9ccc(-c%10ccccc%10)cc9)cc8)cc7)ccc5n6-c5ccc(-c6cccc7ccccc67)cc5)cc4)cc3)cc2)cc1. The molecule has 14 aromatic rings. The molecule has 14 rings (SSSR count). The summed E-state index contributed by atoms with van der Waals surface area (Å²) >= 11 is 0. The molecule has 0 atom stereocenters. The molecule has 0 amide bonds. The first-order valence-electron chi connectivity index (χ1n) is 26.5. The minimum absolute atomic E-state index is 1.13. The largest absolute Gasteiger partial charge is 0.309 e. The summed E-state index contributed by atoms with van der Waals surface area (Å²) in [6, 6.07) is 113. The third-order valence-corrected chi connectivity index (χ3v) is 15.5. The van der Waals surface area contributed by atoms with E-state index in [1.165, 1.54) is 133 Å². The highest BCUT2D eigenvalue weighted by atomic mass is 15.0. The Labute approximate surface area is 449 Å². The second-order valence-corrected chi connectivity index (χ2v) is 20.1. The van der Waals surface area contributed by atoms with E-state index < -0.39 is 0 Å². The van der Waals surface area contributed by atoms with E-state index in [1.54, 1.807) is 0 Å². The zero-order valence-electron chi connectivity index (χ0n) is 42.4. The van der Waals surface area contributed by atoms with E-state index in [2.05, 4.69) is 314 Å². The maximum atomic E-state index is 2.43. The Morgan fingerprint density at radius 1 is 0.169 bits per heavy atom. The lowest BCUT2D eigenvalue weighted by atomic mass is 9.96. The van der Waals surface area contributed by atoms with Gasteiger partial charge < -0.3 is 4.57 Å². The van der Waals surface area contributed by atoms with Gasteiger partial charge in [-0.3, -0.25) is 0 Å². The first kappa shape index (κ1) is 45.5. The smallest absolute Gasteiger partial charge is 0.0541 e. The van der Waals surface area contributed by atoms with Gasteiger partial charge in [-0.1, -0.05) is 273 Å². The number of nitrogens with zero attached hydrogens (tertiary/aromatic N) is 1. The van der Waals surface area contributed by atoms with Crippen LogP contribution in [0.25, 0.3) is 138 Å². The molecule has 0 aliphatic rings. The number of aromatic nitrogens is 1. The molecule has 360 valence electrons. The van der Waals surface area contributed by atoms with Gasteiger partial charge in [-0.25, -0.2) is 0 Å². The third-order valence-electron chi connectivity index (χ3n) is 15.5. The topological polar surface area (TPSA) is 4.93 Å². The van der Waals surface area contributed by atoms with Crippen LogP contribution in [0.1, 0.15) is 0 Å². The van der Waals surface area contributed by atoms with Crippen molar-refractivity contribution in [1.29, 1.82) is 0 Å². The van der Waals surface area contributed by atoms with Gasteiger partial charge in [-0.2, -0.15) is 0 Å². The van der Waals surface area contributed by atoms with E-state index in [0.29, 0.717) is 0 Å². The van der Waals surface area contributed by atoms with Gasteiger partial charge >= 0.3 is 0 Å². The Kier molecular flexibility index (Phi) is 11.6. The molecule has 0 N–H and O–H groups in total. The molecular formula is C76H51N. The van der Waals surface area contributed by atoms with Crippen molar-refractivity contribution < 1.29 is 0 Å². The molecule has 0 bridgehead atoms. The molecule has 0 radical (unpaired) electrons. The first-order valence-corrected chi connectivity index (χ1v) is 26.5. The highest BCUT2D eigenvalue weighted by Crippen LogP contribution is 2.40. The molecule has 0 aliphatic heterocycles. The first-order chi connectivity index (χ1) is 38.1. The number of hydrogen-bond donors (Lipinski definition) is 0. The highest BCUT2D eigenvalue weighted by molar-refractivity contribution is 6.12. The molecule has 0 unspecified atom stereocenters. The lowest BCUT2D eigenvalue weighted by Gasteiger charge is -2.12. The average Bonchev–Trinajstić information content (AvgIpc) is 3.87. The molecule has 0 saturated heterocycles. The Bertz CT molecular complexity index is 4150. The zero-order valence-corrected chi connectivity index (χ0v) is 42.4. The monoisotopic (exact) mass is 977 g/mol. The van der Waals surface area contributed by atoms with Gasteiger partial charge in [0.15, 0.2) is 0 Å². The molecule has 1 heteroatoms. The Morgan fingerprint density at radius 2 is 0.442 bits per heavy atom. The van der Waals surface area contributed by atoms with Crippen LogP contribution in [0.15, 0.2) is 309 Å². The van der Waals surface area contributed by atoms with Crippen LogP contribution >= 0.6 is 0 Å². The van der Waals surface area contributed by atoms with Crippen LogP contribution in [-0.2, 0) is 0 Å². The van der Waals surface area contributed by atoms with Crippen LogP contribution < -0.4 is 0 Å². The zero-order chi connectivity index (χ0) is 51.1. The minimum Gasteiger partial charge on any atom is -0.309 e. The quantitative estimate of drug-likeness (QED) is 0.129. The van der Waals surface area contributed by atoms with Crippen LogP contribution in [-0.4, -0.2) is 4.57 Å². The van der Waals surface area contributed by atoms with E-state index in [9.17, 15) is 0 Å². The summed E-state index contributed by atoms with van der Waals surface area (Å²) in [5, 5.41) is 4.96. The number of benzene rings is 13. The van der Waals surface area contributed by atoms with Crippen LogP contribution in [0, 0.1) is 0 Å². The molecule has 0 aliphatic carbocycles. The number of rotatable bonds is 10. The van der Waals surface area contributed by atoms with Crippen molar-refractivity contribution in [2.24, 2.45) is 0 Å². The molecule has 0 saturated carbocycles. The third kappa shape index (κ3) is 8.80. The fourth-order valence-corrected chi connectivity index (χ4v) is 11.3. The second-order valence-electron chi connectivity index (χ2n) is 20.1. The Morgan fingerprint density at radius 3 is 0.805 bits per heavy atom. The number of hydrogen-bond acceptors (Lipinski definition) is 0. The normalized spacial score (nSPS) is 11.4. The van der Waals surface area contributed by atoms with Gasteiger partial charge in [0.25, 0.3) is 0 Å². The molecule has 0 spiro atoms. The van der Waals surface area contributed by atoms with E-state index >= 15 is 0 Å². The summed E-state index contributed by atoms with van der Waals surface area (Å²) in [6.45, 7) is 0. The summed E-state index contributed by atoms with van der Waals surface area (Å²) in [6.07, 6.45) is 0. The van der Waals surface area contributed by atoms with E-state index in [1.807, 2.05) is 0 Å². The van der Waals surface area contributed by atoms with E-state index in [-0.39, 0.29) is 0 Å². The second kappa shape index (κ2) is 19.6. The van der Waals surface area contributed by atoms with Crippen molar-refractivity contribution in [3.63, 3.8) is 0 Å². The maximum Gasteiger partial charge on any atom is 0.0541 e. The summed E-state index contributed by atoms with van der Waals surface area (Å²) in [4.78, 5) is 0. The van der Waals surface area contributed by atoms with Crippen LogP contribution in [0.4, 0.5) is 0 Å². The lowest BCUT2D eigenvalue weighted by molar-refractivity contribution is 1.18. The van der Waals surface area contributed by atoms with Crippen molar-refractivity contribution in [1.82, 2.24) is 4.57 Å². The van der Waals surface area contributed by atoms with Gasteiger partial charge in [-0.15, -0.1) is 0 Å². The van der Waals surface area contributed by atoms with Crippen molar-refractivity contribution >= 4 is 32.6 Å². The van der Waals surface area contributed by atoms with E-state index in [4.69, 9.17) is 0 Å². The molecule has 77 heavy (non-hydrogen) atoms. The molecule has 1 heterocycles. The molecule has 13 aromatic carbocycles. The Hall–Kier alpha value is -10.1. The standard InChI is InChI=1S/C76H51N/c1-3-10-52(11-4-1)54-18-22-56(23-19-54)58-26-30-60(31-27-58)62-34-38-64(39-35-62)68-44-48-75-73(50-68)74-51-69(45-49-76(74)77(75)70-46-42-67(43-47-70)72-17-9-15-66-14-7-8-16-71(66)72)65-40-36-63(37-41-65)61-32-28-59(29-33-61)57-24-20-55(21-25-57)53-12-5-2-6-13-53/h1-51H. The van der Waals surface area contributed by atoms with Gasteiger partial charge in [0, 0.05) is 16.5 Å². The minimum atomic E-state index is 1.13. The van der Waals surface area contributed by atoms with Gasteiger partial charge in [0.1, 0.15) is 0 Å². The molecule has 1 aromatic heterocycles. The molecule has 0 fully saturated rings. The van der Waals surface area contributed by atoms with Crippen molar-refractivity contribution in [3.8, 4) is 106 Å². The van der Waals surface area contributed by atoms with Gasteiger partial charge in [-0.05, 0) is 147 Å². The summed E-state index contributed by atoms with van der Waals surface area (Å²) in [5.41, 5.74) is 25.2.